The number of phosphoric acid groups is 1. The highest BCUT2D eigenvalue weighted by molar-refractivity contribution is 7.46. The van der Waals surface area contributed by atoms with Gasteiger partial charge in [-0.1, -0.05) is 6.58 Å². The Balaban J connectivity index is 2.06. The Hall–Kier alpha value is -1.22. The predicted octanol–water partition coefficient (Wildman–Crippen LogP) is -1.38. The lowest BCUT2D eigenvalue weighted by Crippen LogP contribution is -2.45. The first-order chi connectivity index (χ1) is 9.69. The number of carbonyl (C=O) groups is 1. The van der Waals surface area contributed by atoms with Crippen LogP contribution in [-0.4, -0.2) is 55.7 Å². The molecule has 0 radical (unpaired) electrons. The monoisotopic (exact) mass is 320 g/mol. The number of phosphoric ester groups is 1. The highest BCUT2D eigenvalue weighted by Crippen LogP contribution is 2.39. The van der Waals surface area contributed by atoms with E-state index in [4.69, 9.17) is 9.79 Å². The van der Waals surface area contributed by atoms with Crippen LogP contribution in [0.25, 0.3) is 0 Å². The summed E-state index contributed by atoms with van der Waals surface area (Å²) in [7, 11) is -4.63. The molecule has 1 heterocycles. The van der Waals surface area contributed by atoms with E-state index in [-0.39, 0.29) is 24.8 Å². The van der Waals surface area contributed by atoms with Crippen LogP contribution in [-0.2, 0) is 13.9 Å². The van der Waals surface area contributed by atoms with E-state index in [9.17, 15) is 19.6 Å². The Morgan fingerprint density at radius 2 is 2.10 bits per heavy atom. The van der Waals surface area contributed by atoms with Crippen molar-refractivity contribution in [2.75, 3.05) is 6.61 Å². The van der Waals surface area contributed by atoms with Crippen molar-refractivity contribution in [2.45, 2.75) is 24.7 Å². The smallest absolute Gasteiger partial charge is 0.390 e. The number of hydrogen-bond acceptors (Lipinski definition) is 6. The third-order valence-corrected chi connectivity index (χ3v) is 4.04. The summed E-state index contributed by atoms with van der Waals surface area (Å²) in [5, 5.41) is 22.5. The predicted molar refractivity (Wildman–Crippen MR) is 70.2 cm³/mol. The maximum absolute atomic E-state index is 11.2. The van der Waals surface area contributed by atoms with Crippen molar-refractivity contribution in [3.05, 3.63) is 24.7 Å². The third-order valence-electron chi connectivity index (χ3n) is 3.55. The van der Waals surface area contributed by atoms with Crippen molar-refractivity contribution >= 4 is 13.7 Å². The summed E-state index contributed by atoms with van der Waals surface area (Å²) in [6, 6.07) is -0.574. The molecule has 10 heteroatoms. The van der Waals surface area contributed by atoms with Gasteiger partial charge in [0.05, 0.1) is 18.8 Å². The molecule has 9 nitrogen and oxygen atoms in total. The second-order valence-corrected chi connectivity index (χ2v) is 6.23. The van der Waals surface area contributed by atoms with Crippen LogP contribution < -0.4 is 5.32 Å². The molecule has 5 N–H and O–H groups in total. The van der Waals surface area contributed by atoms with Crippen LogP contribution in [0.1, 0.15) is 6.42 Å². The van der Waals surface area contributed by atoms with Crippen LogP contribution in [0, 0.1) is 5.92 Å². The molecular formula is C11H17N2O7P. The zero-order chi connectivity index (χ0) is 15.8. The Morgan fingerprint density at radius 3 is 2.67 bits per heavy atom. The Labute approximate surface area is 120 Å². The van der Waals surface area contributed by atoms with Gasteiger partial charge in [-0.3, -0.25) is 9.32 Å². The number of hydrogen-bond donors (Lipinski definition) is 5. The molecule has 0 saturated heterocycles. The normalized spacial score (nSPS) is 33.4. The quantitative estimate of drug-likeness (QED) is 0.399. The summed E-state index contributed by atoms with van der Waals surface area (Å²) in [6.45, 7) is 3.28. The maximum Gasteiger partial charge on any atom is 0.469 e. The fraction of sp³-hybridized carbons (Fsp3) is 0.545. The van der Waals surface area contributed by atoms with Crippen LogP contribution in [0.2, 0.25) is 0 Å². The van der Waals surface area contributed by atoms with Crippen LogP contribution in [0.4, 0.5) is 0 Å². The number of aliphatic hydroxyl groups is 2. The van der Waals surface area contributed by atoms with Gasteiger partial charge in [-0.2, -0.15) is 0 Å². The second-order valence-electron chi connectivity index (χ2n) is 4.99. The fourth-order valence-electron chi connectivity index (χ4n) is 2.53. The zero-order valence-electron chi connectivity index (χ0n) is 11.0. The molecule has 2 unspecified atom stereocenters. The van der Waals surface area contributed by atoms with Gasteiger partial charge in [-0.05, 0) is 6.42 Å². The van der Waals surface area contributed by atoms with Crippen LogP contribution in [0.5, 0.6) is 0 Å². The van der Waals surface area contributed by atoms with Crippen LogP contribution in [0.15, 0.2) is 24.7 Å². The minimum atomic E-state index is -4.63. The van der Waals surface area contributed by atoms with E-state index in [1.165, 1.54) is 17.2 Å². The molecule has 0 spiro atoms. The average Bonchev–Trinajstić information content (AvgIpc) is 2.64. The zero-order valence-corrected chi connectivity index (χ0v) is 11.9. The molecule has 21 heavy (non-hydrogen) atoms. The van der Waals surface area contributed by atoms with E-state index in [0.717, 1.165) is 0 Å². The molecule has 1 fully saturated rings. The number of aliphatic hydroxyl groups excluding tert-OH is 2. The van der Waals surface area contributed by atoms with E-state index in [2.05, 4.69) is 16.4 Å². The Bertz CT molecular complexity index is 517. The molecule has 4 atom stereocenters. The van der Waals surface area contributed by atoms with Gasteiger partial charge in [-0.15, -0.1) is 0 Å². The highest BCUT2D eigenvalue weighted by Gasteiger charge is 2.45. The lowest BCUT2D eigenvalue weighted by atomic mass is 10.1. The molecule has 0 aromatic carbocycles. The minimum Gasteiger partial charge on any atom is -0.390 e. The Kier molecular flexibility index (Phi) is 4.52. The van der Waals surface area contributed by atoms with Crippen molar-refractivity contribution in [1.82, 2.24) is 10.2 Å². The summed E-state index contributed by atoms with van der Waals surface area (Å²) < 4.78 is 15.1. The largest absolute Gasteiger partial charge is 0.469 e. The molecule has 0 bridgehead atoms. The molecular weight excluding hydrogens is 303 g/mol. The first-order valence-corrected chi connectivity index (χ1v) is 7.74. The molecule has 1 amide bonds. The number of nitrogens with one attached hydrogen (secondary N) is 1. The van der Waals surface area contributed by atoms with Crippen molar-refractivity contribution < 1.29 is 33.9 Å². The molecule has 118 valence electrons. The first kappa shape index (κ1) is 16.2. The van der Waals surface area contributed by atoms with Gasteiger partial charge in [0.1, 0.15) is 11.9 Å². The van der Waals surface area contributed by atoms with Gasteiger partial charge < -0.3 is 30.2 Å². The average molecular weight is 320 g/mol. The van der Waals surface area contributed by atoms with Crippen molar-refractivity contribution in [2.24, 2.45) is 5.92 Å². The second kappa shape index (κ2) is 5.88. The molecule has 1 aliphatic heterocycles. The standard InChI is InChI=1S/C11H17N2O7P/c1-6-12-9(14)2-3-13(6)8-4-7(10(15)11(8)16)5-20-21(17,18)19/h2-3,7-8,10-11,15-16H,1,4-5H2,(H,12,14)(H2,17,18,19)/t7?,8-,10-,11?/m1/s1. The summed E-state index contributed by atoms with van der Waals surface area (Å²) in [4.78, 5) is 30.0. The number of rotatable bonds is 4. The lowest BCUT2D eigenvalue weighted by Gasteiger charge is -2.33. The summed E-state index contributed by atoms with van der Waals surface area (Å²) in [5.41, 5.74) is 0. The molecule has 1 saturated carbocycles. The SMILES string of the molecule is C=C1NC(=O)C=CN1[C@@H]1CC(COP(=O)(O)O)[C@@H](O)C1O. The van der Waals surface area contributed by atoms with E-state index < -0.39 is 32.0 Å². The van der Waals surface area contributed by atoms with E-state index in [1.807, 2.05) is 0 Å². The molecule has 0 aromatic heterocycles. The molecule has 2 aliphatic rings. The van der Waals surface area contributed by atoms with Crippen LogP contribution >= 0.6 is 7.82 Å². The number of carbonyl (C=O) groups excluding carboxylic acids is 1. The van der Waals surface area contributed by atoms with Gasteiger partial charge in [-0.25, -0.2) is 4.57 Å². The van der Waals surface area contributed by atoms with Crippen LogP contribution in [0.3, 0.4) is 0 Å². The first-order valence-electron chi connectivity index (χ1n) is 6.21. The highest BCUT2D eigenvalue weighted by atomic mass is 31.2. The van der Waals surface area contributed by atoms with Gasteiger partial charge >= 0.3 is 7.82 Å². The lowest BCUT2D eigenvalue weighted by molar-refractivity contribution is -0.116. The van der Waals surface area contributed by atoms with Crippen molar-refractivity contribution in [3.63, 3.8) is 0 Å². The fourth-order valence-corrected chi connectivity index (χ4v) is 2.92. The maximum atomic E-state index is 11.2. The molecule has 1 aliphatic carbocycles. The van der Waals surface area contributed by atoms with Gasteiger partial charge in [0.15, 0.2) is 0 Å². The summed E-state index contributed by atoms with van der Waals surface area (Å²) in [6.07, 6.45) is 0.565. The van der Waals surface area contributed by atoms with E-state index in [0.29, 0.717) is 0 Å². The topological polar surface area (TPSA) is 140 Å². The van der Waals surface area contributed by atoms with Gasteiger partial charge in [0, 0.05) is 18.2 Å². The van der Waals surface area contributed by atoms with Gasteiger partial charge in [0.2, 0.25) is 0 Å². The number of amides is 1. The molecule has 0 aromatic rings. The molecule has 2 rings (SSSR count). The summed E-state index contributed by atoms with van der Waals surface area (Å²) in [5.74, 6) is -0.725. The van der Waals surface area contributed by atoms with Gasteiger partial charge in [0.25, 0.3) is 5.91 Å². The number of nitrogens with zero attached hydrogens (tertiary/aromatic N) is 1. The Morgan fingerprint density at radius 1 is 1.43 bits per heavy atom. The van der Waals surface area contributed by atoms with Crippen molar-refractivity contribution in [1.29, 1.82) is 0 Å². The summed E-state index contributed by atoms with van der Waals surface area (Å²) >= 11 is 0. The minimum absolute atomic E-state index is 0.224. The van der Waals surface area contributed by atoms with E-state index >= 15 is 0 Å². The van der Waals surface area contributed by atoms with E-state index in [1.54, 1.807) is 0 Å². The third kappa shape index (κ3) is 3.70. The van der Waals surface area contributed by atoms with Crippen molar-refractivity contribution in [3.8, 4) is 0 Å².